The van der Waals surface area contributed by atoms with Gasteiger partial charge in [-0.1, -0.05) is 11.6 Å². The Hall–Kier alpha value is -1.69. The van der Waals surface area contributed by atoms with Crippen LogP contribution in [0.15, 0.2) is 11.6 Å². The molecule has 1 heterocycles. The van der Waals surface area contributed by atoms with Crippen molar-refractivity contribution >= 4 is 28.0 Å². The smallest absolute Gasteiger partial charge is 0.350 e. The highest BCUT2D eigenvalue weighted by Gasteiger charge is 2.23. The van der Waals surface area contributed by atoms with Crippen molar-refractivity contribution in [3.63, 3.8) is 0 Å². The molecule has 0 bridgehead atoms. The van der Waals surface area contributed by atoms with Crippen LogP contribution in [-0.2, 0) is 4.74 Å². The summed E-state index contributed by atoms with van der Waals surface area (Å²) < 4.78 is 10.8. The highest BCUT2D eigenvalue weighted by atomic mass is 32.1. The van der Waals surface area contributed by atoms with Crippen LogP contribution in [0.5, 0.6) is 5.75 Å². The van der Waals surface area contributed by atoms with E-state index in [-0.39, 0.29) is 6.10 Å². The summed E-state index contributed by atoms with van der Waals surface area (Å²) in [5.74, 6) is 0.115. The van der Waals surface area contributed by atoms with Gasteiger partial charge in [0, 0.05) is 6.54 Å². The zero-order valence-electron chi connectivity index (χ0n) is 13.3. The summed E-state index contributed by atoms with van der Waals surface area (Å²) in [5.41, 5.74) is 7.60. The molecule has 1 aromatic rings. The number of thiophene rings is 1. The summed E-state index contributed by atoms with van der Waals surface area (Å²) in [7, 11) is 0. The first-order valence-electron chi connectivity index (χ1n) is 7.00. The predicted octanol–water partition coefficient (Wildman–Crippen LogP) is 3.67. The number of nitrogens with one attached hydrogen (secondary N) is 1. The SMILES string of the molecule is CCOC(=O)c1sc(NCC=C(C)C)c(OC(C)C)c1N. The number of hydrogen-bond acceptors (Lipinski definition) is 6. The molecule has 0 unspecified atom stereocenters. The molecule has 0 aromatic carbocycles. The average molecular weight is 312 g/mol. The fourth-order valence-electron chi connectivity index (χ4n) is 1.59. The van der Waals surface area contributed by atoms with Crippen LogP contribution in [0.1, 0.15) is 44.3 Å². The maximum Gasteiger partial charge on any atom is 0.350 e. The molecule has 0 spiro atoms. The van der Waals surface area contributed by atoms with Crippen molar-refractivity contribution in [2.75, 3.05) is 24.2 Å². The van der Waals surface area contributed by atoms with Crippen molar-refractivity contribution in [2.24, 2.45) is 0 Å². The standard InChI is InChI=1S/C15H24N2O3S/c1-6-19-15(18)13-11(16)12(20-10(4)5)14(21-13)17-8-7-9(2)3/h7,10,17H,6,8,16H2,1-5H3. The highest BCUT2D eigenvalue weighted by molar-refractivity contribution is 7.19. The van der Waals surface area contributed by atoms with Crippen molar-refractivity contribution in [3.05, 3.63) is 16.5 Å². The third-order valence-electron chi connectivity index (χ3n) is 2.49. The summed E-state index contributed by atoms with van der Waals surface area (Å²) in [6, 6.07) is 0. The maximum atomic E-state index is 11.9. The number of carbonyl (C=O) groups excluding carboxylic acids is 1. The molecule has 0 aliphatic carbocycles. The minimum Gasteiger partial charge on any atom is -0.486 e. The zero-order chi connectivity index (χ0) is 16.0. The second kappa shape index (κ2) is 7.93. The Balaban J connectivity index is 3.05. The molecule has 0 fully saturated rings. The van der Waals surface area contributed by atoms with E-state index < -0.39 is 5.97 Å². The first kappa shape index (κ1) is 17.4. The highest BCUT2D eigenvalue weighted by Crippen LogP contribution is 2.43. The molecular weight excluding hydrogens is 288 g/mol. The van der Waals surface area contributed by atoms with E-state index in [1.807, 2.05) is 27.7 Å². The van der Waals surface area contributed by atoms with Gasteiger partial charge in [-0.2, -0.15) is 0 Å². The van der Waals surface area contributed by atoms with Gasteiger partial charge in [0.05, 0.1) is 12.7 Å². The quantitative estimate of drug-likeness (QED) is 0.593. The molecule has 3 N–H and O–H groups in total. The van der Waals surface area contributed by atoms with Crippen LogP contribution in [0.4, 0.5) is 10.7 Å². The van der Waals surface area contributed by atoms with E-state index in [2.05, 4.69) is 11.4 Å². The van der Waals surface area contributed by atoms with Crippen LogP contribution in [0.2, 0.25) is 0 Å². The molecule has 6 heteroatoms. The predicted molar refractivity (Wildman–Crippen MR) is 88.4 cm³/mol. The van der Waals surface area contributed by atoms with Crippen LogP contribution in [0, 0.1) is 0 Å². The average Bonchev–Trinajstić information content (AvgIpc) is 2.67. The van der Waals surface area contributed by atoms with Crippen LogP contribution in [0.3, 0.4) is 0 Å². The normalized spacial score (nSPS) is 10.4. The number of carbonyl (C=O) groups is 1. The van der Waals surface area contributed by atoms with Crippen LogP contribution in [-0.4, -0.2) is 25.2 Å². The third kappa shape index (κ3) is 4.97. The van der Waals surface area contributed by atoms with Gasteiger partial charge in [-0.05, 0) is 34.6 Å². The number of rotatable bonds is 7. The maximum absolute atomic E-state index is 11.9. The number of anilines is 2. The van der Waals surface area contributed by atoms with Crippen LogP contribution in [0.25, 0.3) is 0 Å². The fourth-order valence-corrected chi connectivity index (χ4v) is 2.55. The van der Waals surface area contributed by atoms with Gasteiger partial charge < -0.3 is 20.5 Å². The second-order valence-electron chi connectivity index (χ2n) is 5.05. The second-order valence-corrected chi connectivity index (χ2v) is 6.07. The number of nitrogen functional groups attached to an aromatic ring is 1. The van der Waals surface area contributed by atoms with E-state index in [0.717, 1.165) is 5.00 Å². The summed E-state index contributed by atoms with van der Waals surface area (Å²) in [5, 5.41) is 3.99. The number of hydrogen-bond donors (Lipinski definition) is 2. The molecule has 21 heavy (non-hydrogen) atoms. The minimum absolute atomic E-state index is 0.0269. The van der Waals surface area contributed by atoms with Crippen molar-refractivity contribution < 1.29 is 14.3 Å². The van der Waals surface area contributed by atoms with Crippen LogP contribution >= 0.6 is 11.3 Å². The molecule has 0 saturated heterocycles. The van der Waals surface area contributed by atoms with E-state index in [0.29, 0.717) is 29.5 Å². The van der Waals surface area contributed by atoms with Gasteiger partial charge in [0.15, 0.2) is 5.75 Å². The number of esters is 1. The Labute approximate surface area is 130 Å². The molecule has 0 atom stereocenters. The van der Waals surface area contributed by atoms with Crippen molar-refractivity contribution in [1.82, 2.24) is 0 Å². The largest absolute Gasteiger partial charge is 0.486 e. The minimum atomic E-state index is -0.413. The zero-order valence-corrected chi connectivity index (χ0v) is 14.1. The van der Waals surface area contributed by atoms with Gasteiger partial charge in [-0.3, -0.25) is 0 Å². The van der Waals surface area contributed by atoms with E-state index in [1.54, 1.807) is 6.92 Å². The Kier molecular flexibility index (Phi) is 6.55. The van der Waals surface area contributed by atoms with Gasteiger partial charge in [0.2, 0.25) is 0 Å². The first-order valence-corrected chi connectivity index (χ1v) is 7.81. The third-order valence-corrected chi connectivity index (χ3v) is 3.61. The Morgan fingerprint density at radius 1 is 1.43 bits per heavy atom. The fraction of sp³-hybridized carbons (Fsp3) is 0.533. The molecule has 1 aromatic heterocycles. The number of allylic oxidation sites excluding steroid dienone is 1. The Morgan fingerprint density at radius 3 is 2.62 bits per heavy atom. The summed E-state index contributed by atoms with van der Waals surface area (Å²) in [6.45, 7) is 10.6. The topological polar surface area (TPSA) is 73.6 Å². The molecule has 5 nitrogen and oxygen atoms in total. The first-order chi connectivity index (χ1) is 9.86. The van der Waals surface area contributed by atoms with Gasteiger partial charge in [0.25, 0.3) is 0 Å². The summed E-state index contributed by atoms with van der Waals surface area (Å²) in [6.07, 6.45) is 2.03. The van der Waals surface area contributed by atoms with Gasteiger partial charge >= 0.3 is 5.97 Å². The molecule has 0 amide bonds. The van der Waals surface area contributed by atoms with Crippen molar-refractivity contribution in [2.45, 2.75) is 40.7 Å². The molecule has 1 rings (SSSR count). The van der Waals surface area contributed by atoms with E-state index in [9.17, 15) is 4.79 Å². The van der Waals surface area contributed by atoms with Crippen LogP contribution < -0.4 is 15.8 Å². The molecule has 0 aliphatic rings. The summed E-state index contributed by atoms with van der Waals surface area (Å²) in [4.78, 5) is 12.3. The van der Waals surface area contributed by atoms with Gasteiger partial charge in [-0.25, -0.2) is 4.79 Å². The Bertz CT molecular complexity index is 517. The molecular formula is C15H24N2O3S. The summed E-state index contributed by atoms with van der Waals surface area (Å²) >= 11 is 1.26. The van der Waals surface area contributed by atoms with Gasteiger partial charge in [0.1, 0.15) is 15.6 Å². The lowest BCUT2D eigenvalue weighted by Crippen LogP contribution is -2.10. The van der Waals surface area contributed by atoms with E-state index in [4.69, 9.17) is 15.2 Å². The van der Waals surface area contributed by atoms with Crippen molar-refractivity contribution in [1.29, 1.82) is 0 Å². The van der Waals surface area contributed by atoms with E-state index >= 15 is 0 Å². The number of nitrogens with two attached hydrogens (primary N) is 1. The molecule has 118 valence electrons. The number of ether oxygens (including phenoxy) is 2. The monoisotopic (exact) mass is 312 g/mol. The lowest BCUT2D eigenvalue weighted by molar-refractivity contribution is 0.0533. The van der Waals surface area contributed by atoms with E-state index in [1.165, 1.54) is 16.9 Å². The van der Waals surface area contributed by atoms with Crippen molar-refractivity contribution in [3.8, 4) is 5.75 Å². The molecule has 0 saturated carbocycles. The lowest BCUT2D eigenvalue weighted by Gasteiger charge is -2.12. The van der Waals surface area contributed by atoms with Gasteiger partial charge in [-0.15, -0.1) is 11.3 Å². The molecule has 0 radical (unpaired) electrons. The Morgan fingerprint density at radius 2 is 2.10 bits per heavy atom. The lowest BCUT2D eigenvalue weighted by atomic mass is 10.3. The molecule has 0 aliphatic heterocycles.